The van der Waals surface area contributed by atoms with Crippen LogP contribution in [0.4, 0.5) is 0 Å². The number of hydrogen-bond acceptors (Lipinski definition) is 4. The molecular formula is C8H11NO3. The van der Waals surface area contributed by atoms with Gasteiger partial charge >= 0.3 is 5.97 Å². The first-order chi connectivity index (χ1) is 5.66. The van der Waals surface area contributed by atoms with Crippen LogP contribution in [0.25, 0.3) is 0 Å². The Labute approximate surface area is 70.3 Å². The van der Waals surface area contributed by atoms with Crippen LogP contribution in [0, 0.1) is 6.92 Å². The fraction of sp³-hybridized carbons (Fsp3) is 0.375. The van der Waals surface area contributed by atoms with Gasteiger partial charge in [0.2, 0.25) is 0 Å². The number of nitrogens with two attached hydrogens (primary N) is 1. The van der Waals surface area contributed by atoms with E-state index in [-0.39, 0.29) is 0 Å². The number of carbonyl (C=O) groups excluding carboxylic acids is 1. The van der Waals surface area contributed by atoms with Crippen LogP contribution in [0.15, 0.2) is 16.7 Å². The second-order valence-electron chi connectivity index (χ2n) is 2.47. The highest BCUT2D eigenvalue weighted by molar-refractivity contribution is 5.76. The van der Waals surface area contributed by atoms with Gasteiger partial charge in [-0.05, 0) is 18.6 Å². The molecule has 1 atom stereocenters. The largest absolute Gasteiger partial charge is 0.468 e. The Kier molecular flexibility index (Phi) is 2.50. The number of rotatable bonds is 2. The van der Waals surface area contributed by atoms with Crippen LogP contribution < -0.4 is 5.73 Å². The van der Waals surface area contributed by atoms with Gasteiger partial charge in [0.15, 0.2) is 6.04 Å². The minimum Gasteiger partial charge on any atom is -0.468 e. The van der Waals surface area contributed by atoms with Crippen molar-refractivity contribution in [1.29, 1.82) is 0 Å². The summed E-state index contributed by atoms with van der Waals surface area (Å²) in [5, 5.41) is 0. The molecule has 0 amide bonds. The second kappa shape index (κ2) is 3.40. The van der Waals surface area contributed by atoms with Crippen LogP contribution in [-0.4, -0.2) is 13.1 Å². The number of carbonyl (C=O) groups is 1. The Bertz CT molecular complexity index is 280. The number of esters is 1. The molecule has 12 heavy (non-hydrogen) atoms. The van der Waals surface area contributed by atoms with Crippen molar-refractivity contribution in [2.75, 3.05) is 7.11 Å². The molecule has 66 valence electrons. The van der Waals surface area contributed by atoms with Gasteiger partial charge in [0, 0.05) is 0 Å². The number of aryl methyl sites for hydroxylation is 1. The van der Waals surface area contributed by atoms with Gasteiger partial charge in [0.25, 0.3) is 0 Å². The maximum atomic E-state index is 11.0. The molecule has 1 aromatic rings. The minimum absolute atomic E-state index is 0.460. The molecule has 1 aromatic heterocycles. The monoisotopic (exact) mass is 169 g/mol. The molecule has 1 rings (SSSR count). The summed E-state index contributed by atoms with van der Waals surface area (Å²) in [4.78, 5) is 11.0. The molecule has 0 aliphatic carbocycles. The van der Waals surface area contributed by atoms with Crippen LogP contribution in [-0.2, 0) is 9.53 Å². The van der Waals surface area contributed by atoms with Crippen molar-refractivity contribution in [2.45, 2.75) is 13.0 Å². The summed E-state index contributed by atoms with van der Waals surface area (Å²) in [5.74, 6) is -0.0325. The fourth-order valence-electron chi connectivity index (χ4n) is 0.937. The summed E-state index contributed by atoms with van der Waals surface area (Å²) in [6.45, 7) is 1.82. The summed E-state index contributed by atoms with van der Waals surface area (Å²) < 4.78 is 9.49. The molecule has 0 aliphatic rings. The molecule has 0 aliphatic heterocycles. The number of hydrogen-bond donors (Lipinski definition) is 1. The van der Waals surface area contributed by atoms with E-state index in [0.29, 0.717) is 5.76 Å². The average Bonchev–Trinajstić information content (AvgIpc) is 2.48. The summed E-state index contributed by atoms with van der Waals surface area (Å²) in [6, 6.07) is 0.933. The van der Waals surface area contributed by atoms with Crippen LogP contribution in [0.2, 0.25) is 0 Å². The lowest BCUT2D eigenvalue weighted by molar-refractivity contribution is -0.142. The minimum atomic E-state index is -0.815. The zero-order valence-corrected chi connectivity index (χ0v) is 7.03. The summed E-state index contributed by atoms with van der Waals surface area (Å²) in [5.41, 5.74) is 6.38. The smallest absolute Gasteiger partial charge is 0.330 e. The SMILES string of the molecule is COC(=O)C(N)c1occc1C. The molecule has 0 bridgehead atoms. The van der Waals surface area contributed by atoms with E-state index in [2.05, 4.69) is 4.74 Å². The van der Waals surface area contributed by atoms with Crippen molar-refractivity contribution < 1.29 is 13.9 Å². The zero-order chi connectivity index (χ0) is 9.14. The second-order valence-corrected chi connectivity index (χ2v) is 2.47. The Morgan fingerprint density at radius 3 is 2.83 bits per heavy atom. The number of methoxy groups -OCH3 is 1. The van der Waals surface area contributed by atoms with Gasteiger partial charge in [-0.25, -0.2) is 4.79 Å². The van der Waals surface area contributed by atoms with E-state index < -0.39 is 12.0 Å². The first kappa shape index (κ1) is 8.80. The number of ether oxygens (including phenoxy) is 1. The third-order valence-corrected chi connectivity index (χ3v) is 1.64. The van der Waals surface area contributed by atoms with Crippen molar-refractivity contribution in [3.63, 3.8) is 0 Å². The lowest BCUT2D eigenvalue weighted by atomic mass is 10.2. The summed E-state index contributed by atoms with van der Waals surface area (Å²) in [6.07, 6.45) is 1.49. The van der Waals surface area contributed by atoms with Crippen molar-refractivity contribution >= 4 is 5.97 Å². The van der Waals surface area contributed by atoms with Crippen molar-refractivity contribution in [3.8, 4) is 0 Å². The fourth-order valence-corrected chi connectivity index (χ4v) is 0.937. The van der Waals surface area contributed by atoms with Crippen molar-refractivity contribution in [1.82, 2.24) is 0 Å². The topological polar surface area (TPSA) is 65.5 Å². The molecule has 0 fully saturated rings. The zero-order valence-electron chi connectivity index (χ0n) is 7.03. The Balaban J connectivity index is 2.84. The molecule has 0 radical (unpaired) electrons. The third kappa shape index (κ3) is 1.48. The number of furan rings is 1. The molecule has 1 heterocycles. The van der Waals surface area contributed by atoms with Crippen LogP contribution in [0.1, 0.15) is 17.4 Å². The molecule has 1 unspecified atom stereocenters. The molecule has 0 aromatic carbocycles. The quantitative estimate of drug-likeness (QED) is 0.664. The molecule has 0 spiro atoms. The molecule has 0 saturated heterocycles. The average molecular weight is 169 g/mol. The molecule has 0 saturated carbocycles. The van der Waals surface area contributed by atoms with Crippen LogP contribution in [0.3, 0.4) is 0 Å². The Hall–Kier alpha value is -1.29. The standard InChI is InChI=1S/C8H11NO3/c1-5-3-4-12-7(5)6(9)8(10)11-2/h3-4,6H,9H2,1-2H3. The third-order valence-electron chi connectivity index (χ3n) is 1.64. The lowest BCUT2D eigenvalue weighted by Gasteiger charge is -2.06. The van der Waals surface area contributed by atoms with E-state index in [1.54, 1.807) is 6.07 Å². The van der Waals surface area contributed by atoms with Gasteiger partial charge in [-0.1, -0.05) is 0 Å². The van der Waals surface area contributed by atoms with Crippen LogP contribution in [0.5, 0.6) is 0 Å². The highest BCUT2D eigenvalue weighted by Crippen LogP contribution is 2.17. The molecular weight excluding hydrogens is 158 g/mol. The van der Waals surface area contributed by atoms with E-state index >= 15 is 0 Å². The van der Waals surface area contributed by atoms with Gasteiger partial charge in [0.05, 0.1) is 13.4 Å². The van der Waals surface area contributed by atoms with Gasteiger partial charge in [-0.3, -0.25) is 0 Å². The highest BCUT2D eigenvalue weighted by atomic mass is 16.5. The maximum Gasteiger partial charge on any atom is 0.330 e. The predicted octanol–water partition coefficient (Wildman–Crippen LogP) is 0.761. The van der Waals surface area contributed by atoms with E-state index in [0.717, 1.165) is 5.56 Å². The maximum absolute atomic E-state index is 11.0. The lowest BCUT2D eigenvalue weighted by Crippen LogP contribution is -2.22. The van der Waals surface area contributed by atoms with E-state index in [1.807, 2.05) is 6.92 Å². The summed E-state index contributed by atoms with van der Waals surface area (Å²) >= 11 is 0. The molecule has 4 nitrogen and oxygen atoms in total. The van der Waals surface area contributed by atoms with Crippen molar-refractivity contribution in [3.05, 3.63) is 23.7 Å². The Morgan fingerprint density at radius 2 is 2.42 bits per heavy atom. The normalized spacial score (nSPS) is 12.6. The van der Waals surface area contributed by atoms with Crippen molar-refractivity contribution in [2.24, 2.45) is 5.73 Å². The molecule has 4 heteroatoms. The first-order valence-corrected chi connectivity index (χ1v) is 3.54. The predicted molar refractivity (Wildman–Crippen MR) is 42.4 cm³/mol. The van der Waals surface area contributed by atoms with E-state index in [4.69, 9.17) is 10.2 Å². The van der Waals surface area contributed by atoms with Gasteiger partial charge in [0.1, 0.15) is 5.76 Å². The molecule has 2 N–H and O–H groups in total. The van der Waals surface area contributed by atoms with Gasteiger partial charge < -0.3 is 14.9 Å². The highest BCUT2D eigenvalue weighted by Gasteiger charge is 2.20. The first-order valence-electron chi connectivity index (χ1n) is 3.54. The van der Waals surface area contributed by atoms with E-state index in [9.17, 15) is 4.79 Å². The van der Waals surface area contributed by atoms with Gasteiger partial charge in [-0.2, -0.15) is 0 Å². The Morgan fingerprint density at radius 1 is 1.75 bits per heavy atom. The van der Waals surface area contributed by atoms with E-state index in [1.165, 1.54) is 13.4 Å². The van der Waals surface area contributed by atoms with Gasteiger partial charge in [-0.15, -0.1) is 0 Å². The summed E-state index contributed by atoms with van der Waals surface area (Å²) in [7, 11) is 1.29. The van der Waals surface area contributed by atoms with Crippen LogP contribution >= 0.6 is 0 Å².